The van der Waals surface area contributed by atoms with E-state index in [-0.39, 0.29) is 37.5 Å². The van der Waals surface area contributed by atoms with E-state index in [9.17, 15) is 14.4 Å². The highest BCUT2D eigenvalue weighted by Crippen LogP contribution is 2.13. The van der Waals surface area contributed by atoms with Crippen LogP contribution < -0.4 is 0 Å². The van der Waals surface area contributed by atoms with Gasteiger partial charge >= 0.3 is 17.9 Å². The minimum atomic E-state index is -0.820. The Bertz CT molecular complexity index is 1360. The Morgan fingerprint density at radius 3 is 0.969 bits per heavy atom. The average Bonchev–Trinajstić information content (AvgIpc) is 3.30. The topological polar surface area (TPSA) is 78.9 Å². The number of esters is 3. The molecule has 0 radical (unpaired) electrons. The van der Waals surface area contributed by atoms with Crippen LogP contribution in [0.3, 0.4) is 0 Å². The second kappa shape index (κ2) is 52.7. The minimum Gasteiger partial charge on any atom is -0.462 e. The monoisotopic (exact) mass is 901 g/mol. The summed E-state index contributed by atoms with van der Waals surface area (Å²) in [5, 5.41) is 0. The number of rotatable bonds is 46. The molecule has 0 spiro atoms. The van der Waals surface area contributed by atoms with Gasteiger partial charge in [0.25, 0.3) is 0 Å². The van der Waals surface area contributed by atoms with Crippen molar-refractivity contribution in [1.82, 2.24) is 0 Å². The Morgan fingerprint density at radius 1 is 0.323 bits per heavy atom. The SMILES string of the molecule is CC/C=C\C/C=C\C/C=C\C/C=C\CCCCC(=O)OC[C@H](COC(=O)CCCCCCCCC/C=C\C/C=C\CCCCC)OC(=O)CCCC/C=C\C/C=C\C/C=C\CCCCC. The summed E-state index contributed by atoms with van der Waals surface area (Å²) in [5.41, 5.74) is 0. The smallest absolute Gasteiger partial charge is 0.306 e. The van der Waals surface area contributed by atoms with Gasteiger partial charge in [-0.2, -0.15) is 0 Å². The third kappa shape index (κ3) is 50.9. The summed E-state index contributed by atoms with van der Waals surface area (Å²) in [6, 6.07) is 0. The molecule has 0 aromatic carbocycles. The van der Waals surface area contributed by atoms with Gasteiger partial charge in [0.05, 0.1) is 0 Å². The molecule has 1 atom stereocenters. The van der Waals surface area contributed by atoms with Crippen LogP contribution in [0.15, 0.2) is 109 Å². The average molecular weight is 901 g/mol. The summed E-state index contributed by atoms with van der Waals surface area (Å²) in [6.45, 7) is 6.38. The Labute approximate surface area is 400 Å². The lowest BCUT2D eigenvalue weighted by atomic mass is 10.1. The van der Waals surface area contributed by atoms with Crippen molar-refractivity contribution in [1.29, 1.82) is 0 Å². The molecule has 0 fully saturated rings. The van der Waals surface area contributed by atoms with E-state index in [1.165, 1.54) is 77.0 Å². The van der Waals surface area contributed by atoms with Crippen molar-refractivity contribution in [3.05, 3.63) is 109 Å². The lowest BCUT2D eigenvalue weighted by Crippen LogP contribution is -2.30. The molecule has 6 heteroatoms. The first-order chi connectivity index (χ1) is 32.0. The predicted octanol–water partition coefficient (Wildman–Crippen LogP) is 17.5. The maximum absolute atomic E-state index is 12.8. The van der Waals surface area contributed by atoms with Crippen LogP contribution in [0.2, 0.25) is 0 Å². The first kappa shape index (κ1) is 61.1. The number of allylic oxidation sites excluding steroid dienone is 18. The van der Waals surface area contributed by atoms with Gasteiger partial charge in [0, 0.05) is 19.3 Å². The summed E-state index contributed by atoms with van der Waals surface area (Å²) >= 11 is 0. The van der Waals surface area contributed by atoms with Crippen LogP contribution in [0.5, 0.6) is 0 Å². The first-order valence-corrected chi connectivity index (χ1v) is 26.4. The number of hydrogen-bond acceptors (Lipinski definition) is 6. The van der Waals surface area contributed by atoms with Crippen LogP contribution in [-0.4, -0.2) is 37.2 Å². The predicted molar refractivity (Wildman–Crippen MR) is 279 cm³/mol. The van der Waals surface area contributed by atoms with E-state index in [2.05, 4.69) is 130 Å². The van der Waals surface area contributed by atoms with Crippen LogP contribution in [0, 0.1) is 0 Å². The maximum atomic E-state index is 12.8. The fourth-order valence-corrected chi connectivity index (χ4v) is 6.76. The molecule has 0 aromatic rings. The van der Waals surface area contributed by atoms with Crippen LogP contribution in [-0.2, 0) is 28.6 Å². The second-order valence-electron chi connectivity index (χ2n) is 17.0. The van der Waals surface area contributed by atoms with Crippen molar-refractivity contribution in [2.24, 2.45) is 0 Å². The molecule has 0 aliphatic rings. The molecule has 0 unspecified atom stereocenters. The number of unbranched alkanes of at least 4 members (excludes halogenated alkanes) is 17. The second-order valence-corrected chi connectivity index (χ2v) is 17.0. The molecule has 0 bridgehead atoms. The quantitative estimate of drug-likeness (QED) is 0.0262. The standard InChI is InChI=1S/C59H96O6/c1-4-7-10-13-16-19-22-25-28-29-32-34-37-40-43-46-49-52-58(61)64-55-56(65-59(62)53-50-47-44-41-38-35-31-27-24-21-18-15-12-9-6-3)54-63-57(60)51-48-45-42-39-36-33-30-26-23-20-17-14-11-8-5-2/h8,11,16-21,25-28,30-31,36,38-39,41,56H,4-7,9-10,12-15,22-24,29,32-35,37,40,42-55H2,1-3H3/b11-8-,19-16-,20-17-,21-18-,28-25-,30-26-,31-27-,39-36-,41-38-/t56-/m1/s1. The highest BCUT2D eigenvalue weighted by Gasteiger charge is 2.19. The highest BCUT2D eigenvalue weighted by molar-refractivity contribution is 5.71. The van der Waals surface area contributed by atoms with Gasteiger partial charge < -0.3 is 14.2 Å². The largest absolute Gasteiger partial charge is 0.462 e. The minimum absolute atomic E-state index is 0.113. The van der Waals surface area contributed by atoms with Crippen molar-refractivity contribution in [3.63, 3.8) is 0 Å². The lowest BCUT2D eigenvalue weighted by Gasteiger charge is -2.18. The molecule has 0 rings (SSSR count). The van der Waals surface area contributed by atoms with E-state index in [0.29, 0.717) is 25.7 Å². The molecule has 0 aliphatic carbocycles. The summed E-state index contributed by atoms with van der Waals surface area (Å²) in [4.78, 5) is 38.0. The molecule has 0 saturated carbocycles. The fourth-order valence-electron chi connectivity index (χ4n) is 6.76. The van der Waals surface area contributed by atoms with E-state index in [1.807, 2.05) is 0 Å². The Balaban J connectivity index is 4.53. The van der Waals surface area contributed by atoms with E-state index < -0.39 is 6.10 Å². The zero-order valence-electron chi connectivity index (χ0n) is 42.0. The number of carbonyl (C=O) groups is 3. The number of carbonyl (C=O) groups excluding carboxylic acids is 3. The summed E-state index contributed by atoms with van der Waals surface area (Å²) in [7, 11) is 0. The lowest BCUT2D eigenvalue weighted by molar-refractivity contribution is -0.167. The van der Waals surface area contributed by atoms with E-state index in [1.54, 1.807) is 0 Å². The van der Waals surface area contributed by atoms with Crippen LogP contribution in [0.1, 0.15) is 226 Å². The van der Waals surface area contributed by atoms with Crippen molar-refractivity contribution in [3.8, 4) is 0 Å². The molecule has 0 heterocycles. The highest BCUT2D eigenvalue weighted by atomic mass is 16.6. The fraction of sp³-hybridized carbons (Fsp3) is 0.644. The van der Waals surface area contributed by atoms with E-state index in [0.717, 1.165) is 96.3 Å². The Hall–Kier alpha value is -3.93. The molecule has 0 N–H and O–H groups in total. The summed E-state index contributed by atoms with van der Waals surface area (Å²) < 4.78 is 16.7. The third-order valence-electron chi connectivity index (χ3n) is 10.7. The summed E-state index contributed by atoms with van der Waals surface area (Å²) in [5.74, 6) is -1.01. The molecule has 65 heavy (non-hydrogen) atoms. The molecular weight excluding hydrogens is 805 g/mol. The maximum Gasteiger partial charge on any atom is 0.306 e. The van der Waals surface area contributed by atoms with Crippen LogP contribution in [0.25, 0.3) is 0 Å². The van der Waals surface area contributed by atoms with Crippen molar-refractivity contribution in [2.45, 2.75) is 232 Å². The van der Waals surface area contributed by atoms with Gasteiger partial charge in [-0.15, -0.1) is 0 Å². The van der Waals surface area contributed by atoms with Crippen LogP contribution in [0.4, 0.5) is 0 Å². The molecule has 0 aliphatic heterocycles. The zero-order valence-corrected chi connectivity index (χ0v) is 42.0. The molecular formula is C59H96O6. The van der Waals surface area contributed by atoms with Crippen molar-refractivity contribution >= 4 is 17.9 Å². The van der Waals surface area contributed by atoms with Gasteiger partial charge in [-0.1, -0.05) is 188 Å². The van der Waals surface area contributed by atoms with Crippen molar-refractivity contribution in [2.75, 3.05) is 13.2 Å². The van der Waals surface area contributed by atoms with Gasteiger partial charge in [0.1, 0.15) is 13.2 Å². The van der Waals surface area contributed by atoms with Gasteiger partial charge in [0.2, 0.25) is 0 Å². The Kier molecular flexibility index (Phi) is 49.5. The van der Waals surface area contributed by atoms with Gasteiger partial charge in [-0.25, -0.2) is 0 Å². The molecule has 0 amide bonds. The van der Waals surface area contributed by atoms with Crippen molar-refractivity contribution < 1.29 is 28.6 Å². The Morgan fingerprint density at radius 2 is 0.600 bits per heavy atom. The normalized spacial score (nSPS) is 13.0. The number of ether oxygens (including phenoxy) is 3. The number of hydrogen-bond donors (Lipinski definition) is 0. The van der Waals surface area contributed by atoms with E-state index >= 15 is 0 Å². The van der Waals surface area contributed by atoms with Gasteiger partial charge in [0.15, 0.2) is 6.10 Å². The molecule has 0 aromatic heterocycles. The first-order valence-electron chi connectivity index (χ1n) is 26.4. The third-order valence-corrected chi connectivity index (χ3v) is 10.7. The molecule has 6 nitrogen and oxygen atoms in total. The van der Waals surface area contributed by atoms with E-state index in [4.69, 9.17) is 14.2 Å². The zero-order chi connectivity index (χ0) is 47.2. The summed E-state index contributed by atoms with van der Waals surface area (Å²) in [6.07, 6.45) is 70.7. The van der Waals surface area contributed by atoms with Gasteiger partial charge in [-0.05, 0) is 128 Å². The van der Waals surface area contributed by atoms with Crippen LogP contribution >= 0.6 is 0 Å². The van der Waals surface area contributed by atoms with Gasteiger partial charge in [-0.3, -0.25) is 14.4 Å². The molecule has 368 valence electrons. The molecule has 0 saturated heterocycles.